The lowest BCUT2D eigenvalue weighted by Gasteiger charge is -2.15. The van der Waals surface area contributed by atoms with Crippen LogP contribution in [0.1, 0.15) is 231 Å². The van der Waals surface area contributed by atoms with Crippen molar-refractivity contribution in [2.75, 3.05) is 0 Å². The lowest BCUT2D eigenvalue weighted by Crippen LogP contribution is -2.10. The van der Waals surface area contributed by atoms with Gasteiger partial charge in [0, 0.05) is 96.1 Å². The quantitative estimate of drug-likeness (QED) is 0.131. The number of ketones is 1. The van der Waals surface area contributed by atoms with Crippen molar-refractivity contribution in [1.29, 1.82) is 0 Å². The zero-order chi connectivity index (χ0) is 71.6. The SMILES string of the molecule is CC(C)c1ccnc2c1C=CC(=O)C2.CC(C)c1ccnc2c1C=CC2.CC(C)c1ccnc2c1N=CC2.CC(C)c1ccnc2c1OC(=O)C2.CC(C)c1ccnc2ccccc12.CC(C)c1cnn2ccccc12.CC(C)c1cnn2cnccc12.CC(C)n1cnc2ccccc21. The third-order valence-electron chi connectivity index (χ3n) is 17.5. The molecule has 0 N–H and O–H groups in total. The van der Waals surface area contributed by atoms with Crippen molar-refractivity contribution in [2.45, 2.75) is 184 Å². The summed E-state index contributed by atoms with van der Waals surface area (Å²) in [4.78, 5) is 56.1. The number of hydrogen-bond acceptors (Lipinski definition) is 13. The zero-order valence-electron chi connectivity index (χ0n) is 61.0. The van der Waals surface area contributed by atoms with Crippen LogP contribution in [0, 0.1) is 0 Å². The molecule has 0 amide bonds. The first-order valence-electron chi connectivity index (χ1n) is 35.1. The fourth-order valence-corrected chi connectivity index (χ4v) is 12.2. The second-order valence-electron chi connectivity index (χ2n) is 27.5. The molecular formula is C84H97N13O3. The first kappa shape index (κ1) is 73.8. The van der Waals surface area contributed by atoms with Crippen LogP contribution < -0.4 is 4.74 Å². The Morgan fingerprint density at radius 3 is 1.60 bits per heavy atom. The maximum absolute atomic E-state index is 11.2. The summed E-state index contributed by atoms with van der Waals surface area (Å²) in [6.07, 6.45) is 33.0. The predicted octanol–water partition coefficient (Wildman–Crippen LogP) is 19.5. The lowest BCUT2D eigenvalue weighted by molar-refractivity contribution is -0.132. The predicted molar refractivity (Wildman–Crippen MR) is 407 cm³/mol. The van der Waals surface area contributed by atoms with Crippen LogP contribution in [0.25, 0.3) is 45.1 Å². The molecule has 100 heavy (non-hydrogen) atoms. The normalized spacial score (nSPS) is 12.8. The molecule has 2 aliphatic heterocycles. The van der Waals surface area contributed by atoms with Gasteiger partial charge < -0.3 is 9.30 Å². The number of fused-ring (bicyclic) bond motifs is 8. The molecule has 516 valence electrons. The lowest BCUT2D eigenvalue weighted by atomic mass is 9.92. The number of aliphatic imine (C=N–C) groups is 1. The minimum Gasteiger partial charge on any atom is -0.424 e. The number of rotatable bonds is 8. The number of ether oxygens (including phenoxy) is 1. The first-order chi connectivity index (χ1) is 48.1. The summed E-state index contributed by atoms with van der Waals surface area (Å²) in [6, 6.07) is 35.3. The van der Waals surface area contributed by atoms with E-state index in [2.05, 4.69) is 226 Å². The third kappa shape index (κ3) is 18.6. The van der Waals surface area contributed by atoms with Gasteiger partial charge in [-0.25, -0.2) is 19.0 Å². The molecule has 0 unspecified atom stereocenters. The van der Waals surface area contributed by atoms with E-state index < -0.39 is 0 Å². The highest BCUT2D eigenvalue weighted by Crippen LogP contribution is 2.35. The van der Waals surface area contributed by atoms with Crippen LogP contribution in [0.3, 0.4) is 0 Å². The van der Waals surface area contributed by atoms with Crippen LogP contribution >= 0.6 is 0 Å². The fourth-order valence-electron chi connectivity index (χ4n) is 12.2. The number of benzene rings is 2. The van der Waals surface area contributed by atoms with Gasteiger partial charge in [-0.3, -0.25) is 39.5 Å². The Kier molecular flexibility index (Phi) is 25.7. The van der Waals surface area contributed by atoms with E-state index in [0.717, 1.165) is 63.3 Å². The van der Waals surface area contributed by atoms with Gasteiger partial charge in [0.15, 0.2) is 11.5 Å². The van der Waals surface area contributed by atoms with Gasteiger partial charge in [-0.15, -0.1) is 0 Å². The molecule has 0 spiro atoms. The summed E-state index contributed by atoms with van der Waals surface area (Å²) < 4.78 is 11.0. The minimum absolute atomic E-state index is 0.144. The summed E-state index contributed by atoms with van der Waals surface area (Å²) in [5.74, 6) is 4.24. The Hall–Kier alpha value is -10.5. The van der Waals surface area contributed by atoms with Crippen molar-refractivity contribution in [3.63, 3.8) is 0 Å². The standard InChI is InChI=1S/C12H13NO.C12H13N.C11H13N.3C10H12N2.C10H11NO2.C9H11N3/c1-8(2)10-5-6-13-12-7-9(14)3-4-11(10)12;1-9(2)10-7-8-13-12-6-4-3-5-11(10)12;1-8(2)9-6-7-12-11-5-3-4-10(9)11;1-7(2)8-3-5-11-9-4-6-12-10(8)9;1-8(2)9-7-11-12-6-4-3-5-10(9)12;1-8(2)12-7-11-9-5-3-4-6-10(9)12;1-6(2)7-3-4-11-8-5-9(12)13-10(7)8;1-7(2)8-5-11-12-6-10-4-3-9(8)12/h3-6,8H,7H2,1-2H3;3-9H,1-2H3;3-4,6-8H,5H2,1-2H3;3,5-7H,4H2,1-2H3;2*3-8H,1-2H3;3-4,6H,5H2,1-2H3;3-7H,1-2H3. The number of hydrogen-bond donors (Lipinski definition) is 0. The van der Waals surface area contributed by atoms with E-state index in [1.807, 2.05) is 115 Å². The summed E-state index contributed by atoms with van der Waals surface area (Å²) in [6.45, 7) is 34.7. The zero-order valence-corrected chi connectivity index (χ0v) is 61.0. The van der Waals surface area contributed by atoms with Crippen molar-refractivity contribution in [3.05, 3.63) is 257 Å². The molecule has 0 saturated heterocycles. The molecule has 16 rings (SSSR count). The summed E-state index contributed by atoms with van der Waals surface area (Å²) in [7, 11) is 0. The van der Waals surface area contributed by atoms with Gasteiger partial charge in [-0.1, -0.05) is 145 Å². The molecule has 12 heterocycles. The van der Waals surface area contributed by atoms with Gasteiger partial charge in [-0.05, 0) is 162 Å². The molecule has 0 saturated carbocycles. The molecule has 16 nitrogen and oxygen atoms in total. The topological polar surface area (TPSA) is 185 Å². The van der Waals surface area contributed by atoms with Gasteiger partial charge in [-0.2, -0.15) is 10.2 Å². The highest BCUT2D eigenvalue weighted by molar-refractivity contribution is 5.98. The van der Waals surface area contributed by atoms with Crippen molar-refractivity contribution < 1.29 is 14.3 Å². The Morgan fingerprint density at radius 1 is 0.410 bits per heavy atom. The first-order valence-corrected chi connectivity index (χ1v) is 35.1. The number of esters is 1. The van der Waals surface area contributed by atoms with Crippen LogP contribution in [0.15, 0.2) is 189 Å². The smallest absolute Gasteiger partial charge is 0.317 e. The van der Waals surface area contributed by atoms with Gasteiger partial charge in [0.1, 0.15) is 6.33 Å². The molecule has 2 aliphatic carbocycles. The second-order valence-corrected chi connectivity index (χ2v) is 27.5. The Labute approximate surface area is 590 Å². The van der Waals surface area contributed by atoms with Gasteiger partial charge in [0.2, 0.25) is 0 Å². The molecular weight excluding hydrogens is 1240 g/mol. The number of para-hydroxylation sites is 3. The van der Waals surface area contributed by atoms with Crippen LogP contribution in [-0.2, 0) is 35.3 Å². The molecule has 2 aromatic carbocycles. The van der Waals surface area contributed by atoms with Crippen molar-refractivity contribution in [1.82, 2.24) is 58.7 Å². The van der Waals surface area contributed by atoms with Crippen LogP contribution in [-0.4, -0.2) is 76.7 Å². The number of carbonyl (C=O) groups excluding carboxylic acids is 2. The van der Waals surface area contributed by atoms with Crippen molar-refractivity contribution in [2.24, 2.45) is 4.99 Å². The van der Waals surface area contributed by atoms with E-state index >= 15 is 0 Å². The van der Waals surface area contributed by atoms with Gasteiger partial charge in [0.25, 0.3) is 0 Å². The monoisotopic (exact) mass is 1340 g/mol. The number of pyridine rings is 6. The Bertz CT molecular complexity index is 4550. The maximum atomic E-state index is 11.2. The average molecular weight is 1340 g/mol. The van der Waals surface area contributed by atoms with Crippen molar-refractivity contribution >= 4 is 68.8 Å². The number of allylic oxidation sites excluding steroid dienone is 2. The molecule has 16 heteroatoms. The average Bonchev–Trinajstić information content (AvgIpc) is 1.28. The molecule has 0 atom stereocenters. The molecule has 0 fully saturated rings. The van der Waals surface area contributed by atoms with E-state index in [1.54, 1.807) is 35.5 Å². The van der Waals surface area contributed by atoms with E-state index in [4.69, 9.17) is 4.74 Å². The summed E-state index contributed by atoms with van der Waals surface area (Å²) in [5.41, 5.74) is 22.5. The second kappa shape index (κ2) is 34.8. The van der Waals surface area contributed by atoms with Crippen LogP contribution in [0.4, 0.5) is 5.69 Å². The molecule has 4 aliphatic rings. The molecule has 0 radical (unpaired) electrons. The highest BCUT2D eigenvalue weighted by Gasteiger charge is 2.25. The number of imidazole rings is 1. The summed E-state index contributed by atoms with van der Waals surface area (Å²) >= 11 is 0. The third-order valence-corrected chi connectivity index (χ3v) is 17.5. The van der Waals surface area contributed by atoms with E-state index in [0.29, 0.717) is 66.1 Å². The highest BCUT2D eigenvalue weighted by atomic mass is 16.5. The van der Waals surface area contributed by atoms with Crippen LogP contribution in [0.5, 0.6) is 5.75 Å². The summed E-state index contributed by atoms with van der Waals surface area (Å²) in [5, 5.41) is 9.73. The Balaban J connectivity index is 0.000000133. The molecule has 0 bridgehead atoms. The van der Waals surface area contributed by atoms with Crippen molar-refractivity contribution in [3.8, 4) is 5.75 Å². The van der Waals surface area contributed by atoms with E-state index in [-0.39, 0.29) is 11.8 Å². The number of carbonyl (C=O) groups is 2. The van der Waals surface area contributed by atoms with Crippen LogP contribution in [0.2, 0.25) is 0 Å². The minimum atomic E-state index is -0.199. The van der Waals surface area contributed by atoms with E-state index in [9.17, 15) is 9.59 Å². The maximum Gasteiger partial charge on any atom is 0.317 e. The molecule has 12 aromatic rings. The van der Waals surface area contributed by atoms with Gasteiger partial charge in [0.05, 0.1) is 87.6 Å². The van der Waals surface area contributed by atoms with E-state index in [1.165, 1.54) is 61.1 Å². The Morgan fingerprint density at radius 2 is 0.940 bits per heavy atom. The number of aromatic nitrogens is 12. The largest absolute Gasteiger partial charge is 0.424 e. The van der Waals surface area contributed by atoms with Gasteiger partial charge >= 0.3 is 5.97 Å². The number of nitrogens with zero attached hydrogens (tertiary/aromatic N) is 13. The molecule has 10 aromatic heterocycles. The fraction of sp³-hybridized carbons (Fsp3) is 0.333.